The van der Waals surface area contributed by atoms with E-state index in [-0.39, 0.29) is 0 Å². The molecule has 2 aromatic rings. The Hall–Kier alpha value is -1.93. The van der Waals surface area contributed by atoms with Crippen LogP contribution < -0.4 is 16.0 Å². The Morgan fingerprint density at radius 2 is 2.28 bits per heavy atom. The van der Waals surface area contributed by atoms with Crippen molar-refractivity contribution in [2.75, 3.05) is 32.7 Å². The largest absolute Gasteiger partial charge is 0.477 e. The average Bonchev–Trinajstić information content (AvgIpc) is 2.82. The van der Waals surface area contributed by atoms with Crippen LogP contribution in [0.15, 0.2) is 6.20 Å². The minimum absolute atomic E-state index is 0.300. The molecule has 2 aromatic heterocycles. The van der Waals surface area contributed by atoms with E-state index in [1.54, 1.807) is 6.20 Å². The van der Waals surface area contributed by atoms with Crippen molar-refractivity contribution in [1.29, 1.82) is 0 Å². The Morgan fingerprint density at radius 3 is 3.00 bits per heavy atom. The summed E-state index contributed by atoms with van der Waals surface area (Å²) < 4.78 is 5.64. The fraction of sp³-hybridized carbons (Fsp3) is 0.500. The van der Waals surface area contributed by atoms with Gasteiger partial charge in [0.05, 0.1) is 12.8 Å². The number of anilines is 1. The molecule has 2 heterocycles. The van der Waals surface area contributed by atoms with Crippen LogP contribution in [0.3, 0.4) is 0 Å². The molecule has 0 saturated heterocycles. The van der Waals surface area contributed by atoms with Gasteiger partial charge < -0.3 is 9.64 Å². The summed E-state index contributed by atoms with van der Waals surface area (Å²) in [4.78, 5) is 10.4. The van der Waals surface area contributed by atoms with E-state index < -0.39 is 0 Å². The lowest BCUT2D eigenvalue weighted by Gasteiger charge is -2.10. The van der Waals surface area contributed by atoms with Crippen LogP contribution in [0.1, 0.15) is 6.42 Å². The van der Waals surface area contributed by atoms with Gasteiger partial charge in [0.2, 0.25) is 11.8 Å². The maximum Gasteiger partial charge on any atom is 0.242 e. The number of ether oxygens (including phenoxy) is 1. The molecule has 0 unspecified atom stereocenters. The van der Waals surface area contributed by atoms with Crippen molar-refractivity contribution in [3.05, 3.63) is 6.20 Å². The highest BCUT2D eigenvalue weighted by molar-refractivity contribution is 5.80. The summed E-state index contributed by atoms with van der Waals surface area (Å²) in [6.07, 6.45) is 2.55. The van der Waals surface area contributed by atoms with Crippen LogP contribution in [0.5, 0.6) is 5.88 Å². The summed E-state index contributed by atoms with van der Waals surface area (Å²) in [6.45, 7) is 1.54. The van der Waals surface area contributed by atoms with E-state index in [0.29, 0.717) is 24.1 Å². The Kier molecular flexibility index (Phi) is 3.90. The van der Waals surface area contributed by atoms with Gasteiger partial charge in [-0.2, -0.15) is 15.1 Å². The molecule has 0 fully saturated rings. The van der Waals surface area contributed by atoms with Gasteiger partial charge >= 0.3 is 0 Å². The monoisotopic (exact) mass is 251 g/mol. The predicted molar refractivity (Wildman–Crippen MR) is 68.2 cm³/mol. The zero-order valence-corrected chi connectivity index (χ0v) is 10.5. The van der Waals surface area contributed by atoms with Crippen molar-refractivity contribution in [2.45, 2.75) is 6.42 Å². The minimum Gasteiger partial charge on any atom is -0.477 e. The highest BCUT2D eigenvalue weighted by Gasteiger charge is 2.09. The van der Waals surface area contributed by atoms with Crippen molar-refractivity contribution in [2.24, 2.45) is 5.84 Å². The van der Waals surface area contributed by atoms with E-state index in [1.165, 1.54) is 0 Å². The topological polar surface area (TPSA) is 105 Å². The standard InChI is InChI=1S/C10H17N7O/c1-17(2)4-3-5-18-9-7-6-12-16-8(7)13-10(14-9)15-11/h6H,3-5,11H2,1-2H3,(H2,12,13,14,15,16). The Morgan fingerprint density at radius 1 is 1.44 bits per heavy atom. The van der Waals surface area contributed by atoms with Crippen LogP contribution >= 0.6 is 0 Å². The van der Waals surface area contributed by atoms with Gasteiger partial charge in [0.1, 0.15) is 5.39 Å². The van der Waals surface area contributed by atoms with Crippen molar-refractivity contribution in [3.63, 3.8) is 0 Å². The lowest BCUT2D eigenvalue weighted by Crippen LogP contribution is -2.16. The van der Waals surface area contributed by atoms with E-state index in [4.69, 9.17) is 10.6 Å². The second kappa shape index (κ2) is 5.61. The molecule has 0 aromatic carbocycles. The summed E-state index contributed by atoms with van der Waals surface area (Å²) in [5, 5.41) is 7.42. The average molecular weight is 251 g/mol. The highest BCUT2D eigenvalue weighted by Crippen LogP contribution is 2.21. The fourth-order valence-electron chi connectivity index (χ4n) is 1.53. The van der Waals surface area contributed by atoms with E-state index in [9.17, 15) is 0 Å². The summed E-state index contributed by atoms with van der Waals surface area (Å²) >= 11 is 0. The van der Waals surface area contributed by atoms with Gasteiger partial charge in [-0.25, -0.2) is 5.84 Å². The fourth-order valence-corrected chi connectivity index (χ4v) is 1.53. The first-order valence-corrected chi connectivity index (χ1v) is 5.66. The van der Waals surface area contributed by atoms with Crippen LogP contribution in [0.4, 0.5) is 5.95 Å². The van der Waals surface area contributed by atoms with Crippen LogP contribution in [0.25, 0.3) is 11.0 Å². The highest BCUT2D eigenvalue weighted by atomic mass is 16.5. The molecule has 8 heteroatoms. The molecule has 0 aliphatic heterocycles. The van der Waals surface area contributed by atoms with Gasteiger partial charge in [-0.1, -0.05) is 0 Å². The first-order valence-electron chi connectivity index (χ1n) is 5.66. The molecule has 0 amide bonds. The number of fused-ring (bicyclic) bond motifs is 1. The van der Waals surface area contributed by atoms with Crippen LogP contribution in [0.2, 0.25) is 0 Å². The SMILES string of the molecule is CN(C)CCCOc1nc(NN)nc2[nH]ncc12. The van der Waals surface area contributed by atoms with E-state index in [0.717, 1.165) is 18.4 Å². The normalized spacial score (nSPS) is 11.1. The van der Waals surface area contributed by atoms with Crippen molar-refractivity contribution >= 4 is 17.0 Å². The summed E-state index contributed by atoms with van der Waals surface area (Å²) in [5.74, 6) is 6.09. The first kappa shape index (κ1) is 12.5. The summed E-state index contributed by atoms with van der Waals surface area (Å²) in [7, 11) is 4.05. The summed E-state index contributed by atoms with van der Waals surface area (Å²) in [6, 6.07) is 0. The number of nitrogen functional groups attached to an aromatic ring is 1. The molecule has 2 rings (SSSR count). The number of nitrogens with zero attached hydrogens (tertiary/aromatic N) is 4. The van der Waals surface area contributed by atoms with Crippen LogP contribution in [0, 0.1) is 0 Å². The van der Waals surface area contributed by atoms with Crippen molar-refractivity contribution in [1.82, 2.24) is 25.1 Å². The van der Waals surface area contributed by atoms with Gasteiger partial charge in [0, 0.05) is 6.54 Å². The van der Waals surface area contributed by atoms with Crippen molar-refractivity contribution in [3.8, 4) is 5.88 Å². The van der Waals surface area contributed by atoms with Gasteiger partial charge in [-0.05, 0) is 20.5 Å². The molecule has 0 radical (unpaired) electrons. The molecule has 0 saturated carbocycles. The molecule has 0 bridgehead atoms. The molecule has 0 atom stereocenters. The third kappa shape index (κ3) is 2.84. The lowest BCUT2D eigenvalue weighted by atomic mass is 10.4. The number of hydrogen-bond acceptors (Lipinski definition) is 7. The number of rotatable bonds is 6. The zero-order chi connectivity index (χ0) is 13.0. The number of aromatic amines is 1. The van der Waals surface area contributed by atoms with Crippen LogP contribution in [-0.4, -0.2) is 52.3 Å². The number of hydrazine groups is 1. The number of nitrogens with one attached hydrogen (secondary N) is 2. The first-order chi connectivity index (χ1) is 8.70. The quantitative estimate of drug-likeness (QED) is 0.376. The van der Waals surface area contributed by atoms with E-state index in [1.807, 2.05) is 14.1 Å². The van der Waals surface area contributed by atoms with Gasteiger partial charge in [0.15, 0.2) is 5.65 Å². The third-order valence-electron chi connectivity index (χ3n) is 2.39. The minimum atomic E-state index is 0.300. The molecular formula is C10H17N7O. The Balaban J connectivity index is 2.08. The van der Waals surface area contributed by atoms with E-state index in [2.05, 4.69) is 30.5 Å². The number of H-pyrrole nitrogens is 1. The molecule has 98 valence electrons. The molecule has 0 aliphatic rings. The Bertz CT molecular complexity index is 510. The lowest BCUT2D eigenvalue weighted by molar-refractivity contribution is 0.276. The third-order valence-corrected chi connectivity index (χ3v) is 2.39. The second-order valence-electron chi connectivity index (χ2n) is 4.13. The van der Waals surface area contributed by atoms with E-state index >= 15 is 0 Å². The maximum absolute atomic E-state index is 5.64. The molecular weight excluding hydrogens is 234 g/mol. The number of aromatic nitrogens is 4. The molecule has 0 aliphatic carbocycles. The smallest absolute Gasteiger partial charge is 0.242 e. The second-order valence-corrected chi connectivity index (χ2v) is 4.13. The number of nitrogens with two attached hydrogens (primary N) is 1. The van der Waals surface area contributed by atoms with Gasteiger partial charge in [-0.3, -0.25) is 10.5 Å². The van der Waals surface area contributed by atoms with Gasteiger partial charge in [0.25, 0.3) is 0 Å². The van der Waals surface area contributed by atoms with Crippen LogP contribution in [-0.2, 0) is 0 Å². The molecule has 0 spiro atoms. The predicted octanol–water partition coefficient (Wildman–Crippen LogP) is -0.0310. The maximum atomic E-state index is 5.64. The summed E-state index contributed by atoms with van der Waals surface area (Å²) in [5.41, 5.74) is 3.00. The van der Waals surface area contributed by atoms with Gasteiger partial charge in [-0.15, -0.1) is 0 Å². The molecule has 8 nitrogen and oxygen atoms in total. The zero-order valence-electron chi connectivity index (χ0n) is 10.5. The number of hydrogen-bond donors (Lipinski definition) is 3. The van der Waals surface area contributed by atoms with Crippen molar-refractivity contribution < 1.29 is 4.74 Å². The molecule has 18 heavy (non-hydrogen) atoms. The Labute approximate surface area is 105 Å². The molecule has 4 N–H and O–H groups in total.